The first-order valence-corrected chi connectivity index (χ1v) is 15.5. The van der Waals surface area contributed by atoms with Crippen molar-refractivity contribution < 1.29 is 41.4 Å². The van der Waals surface area contributed by atoms with Gasteiger partial charge in [-0.2, -0.15) is 0 Å². The van der Waals surface area contributed by atoms with Crippen molar-refractivity contribution in [3.8, 4) is 11.5 Å². The number of benzene rings is 2. The molecule has 0 saturated heterocycles. The molecule has 2 amide bonds. The van der Waals surface area contributed by atoms with Gasteiger partial charge >= 0.3 is 6.29 Å². The zero-order valence-electron chi connectivity index (χ0n) is 24.8. The highest BCUT2D eigenvalue weighted by atomic mass is 32.2. The van der Waals surface area contributed by atoms with Gasteiger partial charge in [0, 0.05) is 19.0 Å². The molecule has 2 unspecified atom stereocenters. The summed E-state index contributed by atoms with van der Waals surface area (Å²) in [6.07, 6.45) is -4.99. The molecule has 3 rings (SSSR count). The van der Waals surface area contributed by atoms with Gasteiger partial charge in [-0.15, -0.1) is 8.78 Å². The number of nitrogens with zero attached hydrogens (tertiary/aromatic N) is 1. The van der Waals surface area contributed by atoms with Crippen molar-refractivity contribution in [3.63, 3.8) is 0 Å². The highest BCUT2D eigenvalue weighted by Gasteiger charge is 2.44. The molecule has 3 atom stereocenters. The van der Waals surface area contributed by atoms with E-state index in [-0.39, 0.29) is 42.5 Å². The van der Waals surface area contributed by atoms with Gasteiger partial charge < -0.3 is 19.9 Å². The third-order valence-corrected chi connectivity index (χ3v) is 8.96. The molecule has 4 N–H and O–H groups in total. The Hall–Kier alpha value is -3.33. The van der Waals surface area contributed by atoms with Crippen molar-refractivity contribution in [3.05, 3.63) is 54.1 Å². The van der Waals surface area contributed by atoms with Gasteiger partial charge in [-0.25, -0.2) is 13.4 Å². The third kappa shape index (κ3) is 9.08. The average Bonchev–Trinajstić information content (AvgIpc) is 3.23. The highest BCUT2D eigenvalue weighted by molar-refractivity contribution is 7.92. The number of fused-ring (bicyclic) bond motifs is 1. The Balaban J connectivity index is 1.89. The fourth-order valence-corrected chi connectivity index (χ4v) is 6.55. The number of hydrogen-bond acceptors (Lipinski definition) is 9. The van der Waals surface area contributed by atoms with Gasteiger partial charge in [0.25, 0.3) is 5.91 Å². The standard InChI is InChI=1S/C29H40F2N4O7S/c1-18(2)13-27(38)35(34-26(37)17-32-5)22(14-20-9-7-6-8-10-20)23(36)16-33-28(19(3)4)43(39,40)21-11-12-24-25(15-21)42-29(30,31)41-24/h6-12,15,18-19,22-23,28,32-33,36H,13-14,16-17H2,1-5H3,(H,34,37)/t22?,23-,28?/m1/s1. The topological polar surface area (TPSA) is 146 Å². The van der Waals surface area contributed by atoms with Crippen molar-refractivity contribution in [1.82, 2.24) is 21.1 Å². The molecule has 0 aliphatic carbocycles. The van der Waals surface area contributed by atoms with Crippen LogP contribution in [0.1, 0.15) is 39.7 Å². The number of hydrazine groups is 1. The molecule has 14 heteroatoms. The van der Waals surface area contributed by atoms with Crippen molar-refractivity contribution >= 4 is 21.7 Å². The van der Waals surface area contributed by atoms with Crippen LogP contribution in [0, 0.1) is 11.8 Å². The van der Waals surface area contributed by atoms with Gasteiger partial charge in [-0.3, -0.25) is 20.3 Å². The predicted molar refractivity (Wildman–Crippen MR) is 155 cm³/mol. The van der Waals surface area contributed by atoms with Crippen molar-refractivity contribution in [2.45, 2.75) is 69.2 Å². The van der Waals surface area contributed by atoms with E-state index in [9.17, 15) is 31.9 Å². The highest BCUT2D eigenvalue weighted by Crippen LogP contribution is 2.42. The summed E-state index contributed by atoms with van der Waals surface area (Å²) < 4.78 is 63.1. The number of likely N-dealkylation sites (N-methyl/N-ethyl adjacent to an activating group) is 1. The van der Waals surface area contributed by atoms with Crippen molar-refractivity contribution in [1.29, 1.82) is 0 Å². The average molecular weight is 627 g/mol. The van der Waals surface area contributed by atoms with Crippen LogP contribution in [-0.4, -0.2) is 74.3 Å². The van der Waals surface area contributed by atoms with E-state index in [0.29, 0.717) is 0 Å². The Morgan fingerprint density at radius 1 is 1.02 bits per heavy atom. The number of aliphatic hydroxyl groups is 1. The third-order valence-electron chi connectivity index (χ3n) is 6.67. The Labute approximate surface area is 250 Å². The van der Waals surface area contributed by atoms with E-state index in [4.69, 9.17) is 0 Å². The lowest BCUT2D eigenvalue weighted by Gasteiger charge is -2.36. The first-order valence-electron chi connectivity index (χ1n) is 14.0. The lowest BCUT2D eigenvalue weighted by atomic mass is 9.99. The zero-order chi connectivity index (χ0) is 31.9. The van der Waals surface area contributed by atoms with Crippen molar-refractivity contribution in [2.75, 3.05) is 20.1 Å². The lowest BCUT2D eigenvalue weighted by Crippen LogP contribution is -2.60. The molecular formula is C29H40F2N4O7S. The van der Waals surface area contributed by atoms with Gasteiger partial charge in [0.15, 0.2) is 21.3 Å². The fourth-order valence-electron chi connectivity index (χ4n) is 4.70. The van der Waals surface area contributed by atoms with Crippen LogP contribution in [-0.2, 0) is 25.8 Å². The molecule has 0 aromatic heterocycles. The van der Waals surface area contributed by atoms with E-state index in [1.54, 1.807) is 33.0 Å². The van der Waals surface area contributed by atoms with Crippen molar-refractivity contribution in [2.24, 2.45) is 11.8 Å². The Bertz CT molecular complexity index is 1360. The maximum absolute atomic E-state index is 13.6. The lowest BCUT2D eigenvalue weighted by molar-refractivity contribution is -0.286. The van der Waals surface area contributed by atoms with Gasteiger partial charge in [0.1, 0.15) is 5.37 Å². The molecule has 0 radical (unpaired) electrons. The molecule has 0 saturated carbocycles. The molecule has 1 heterocycles. The normalized spacial score (nSPS) is 16.1. The van der Waals surface area contributed by atoms with E-state index < -0.39 is 57.1 Å². The van der Waals surface area contributed by atoms with E-state index in [2.05, 4.69) is 25.5 Å². The van der Waals surface area contributed by atoms with Gasteiger partial charge in [-0.1, -0.05) is 58.0 Å². The maximum atomic E-state index is 13.6. The Morgan fingerprint density at radius 3 is 2.28 bits per heavy atom. The van der Waals surface area contributed by atoms with E-state index in [1.807, 2.05) is 32.0 Å². The maximum Gasteiger partial charge on any atom is 0.586 e. The number of carbonyl (C=O) groups excluding carboxylic acids is 2. The fraction of sp³-hybridized carbons (Fsp3) is 0.517. The number of nitrogens with one attached hydrogen (secondary N) is 3. The van der Waals surface area contributed by atoms with E-state index in [0.717, 1.165) is 28.8 Å². The molecule has 2 aromatic rings. The first-order chi connectivity index (χ1) is 20.1. The number of hydrogen-bond donors (Lipinski definition) is 4. The van der Waals surface area contributed by atoms with E-state index >= 15 is 0 Å². The van der Waals surface area contributed by atoms with Crippen LogP contribution >= 0.6 is 0 Å². The molecule has 11 nitrogen and oxygen atoms in total. The van der Waals surface area contributed by atoms with Crippen LogP contribution in [0.5, 0.6) is 11.5 Å². The number of alkyl halides is 2. The van der Waals surface area contributed by atoms with Gasteiger partial charge in [-0.05, 0) is 43.0 Å². The zero-order valence-corrected chi connectivity index (χ0v) is 25.7. The number of halogens is 2. The summed E-state index contributed by atoms with van der Waals surface area (Å²) in [4.78, 5) is 25.6. The molecule has 0 spiro atoms. The molecular weight excluding hydrogens is 586 g/mol. The molecule has 0 fully saturated rings. The number of ether oxygens (including phenoxy) is 2. The number of carbonyl (C=O) groups is 2. The summed E-state index contributed by atoms with van der Waals surface area (Å²) in [7, 11) is -2.60. The van der Waals surface area contributed by atoms with Crippen LogP contribution in [0.2, 0.25) is 0 Å². The van der Waals surface area contributed by atoms with Crippen LogP contribution < -0.4 is 25.5 Å². The SMILES string of the molecule is CNCC(=O)NN(C(=O)CC(C)C)C(Cc1ccccc1)[C@H](O)CNC(C(C)C)S(=O)(=O)c1ccc2c(c1)OC(F)(F)O2. The minimum absolute atomic E-state index is 0.0408. The second kappa shape index (κ2) is 14.4. The quantitative estimate of drug-likeness (QED) is 0.232. The Kier molecular flexibility index (Phi) is 11.5. The van der Waals surface area contributed by atoms with Crippen LogP contribution in [0.15, 0.2) is 53.4 Å². The Morgan fingerprint density at radius 2 is 1.67 bits per heavy atom. The summed E-state index contributed by atoms with van der Waals surface area (Å²) in [5.41, 5.74) is 3.39. The second-order valence-electron chi connectivity index (χ2n) is 11.1. The van der Waals surface area contributed by atoms with E-state index in [1.165, 1.54) is 0 Å². The van der Waals surface area contributed by atoms with Crippen LogP contribution in [0.25, 0.3) is 0 Å². The number of aliphatic hydroxyl groups excluding tert-OH is 1. The molecule has 1 aliphatic heterocycles. The molecule has 43 heavy (non-hydrogen) atoms. The number of amides is 2. The van der Waals surface area contributed by atoms with Gasteiger partial charge in [0.05, 0.1) is 23.6 Å². The summed E-state index contributed by atoms with van der Waals surface area (Å²) >= 11 is 0. The predicted octanol–water partition coefficient (Wildman–Crippen LogP) is 2.45. The minimum Gasteiger partial charge on any atom is -0.395 e. The summed E-state index contributed by atoms with van der Waals surface area (Å²) in [6.45, 7) is 6.65. The van der Waals surface area contributed by atoms with Crippen LogP contribution in [0.4, 0.5) is 8.78 Å². The number of rotatable bonds is 14. The smallest absolute Gasteiger partial charge is 0.395 e. The summed E-state index contributed by atoms with van der Waals surface area (Å²) in [5, 5.41) is 17.0. The second-order valence-corrected chi connectivity index (χ2v) is 13.2. The van der Waals surface area contributed by atoms with Crippen LogP contribution in [0.3, 0.4) is 0 Å². The number of sulfone groups is 1. The first kappa shape index (κ1) is 34.2. The molecule has 0 bridgehead atoms. The summed E-state index contributed by atoms with van der Waals surface area (Å²) in [6, 6.07) is 11.3. The molecule has 1 aliphatic rings. The van der Waals surface area contributed by atoms with Gasteiger partial charge in [0.2, 0.25) is 5.91 Å². The minimum atomic E-state index is -4.18. The largest absolute Gasteiger partial charge is 0.586 e. The molecule has 2 aromatic carbocycles. The summed E-state index contributed by atoms with van der Waals surface area (Å²) in [5.74, 6) is -2.16. The monoisotopic (exact) mass is 626 g/mol. The molecule has 238 valence electrons.